The van der Waals surface area contributed by atoms with Gasteiger partial charge in [0.25, 0.3) is 0 Å². The molecule has 0 saturated heterocycles. The fourth-order valence-corrected chi connectivity index (χ4v) is 1.68. The number of amides is 1. The Balaban J connectivity index is 1.60. The normalized spacial score (nSPS) is 15.1. The second-order valence-corrected chi connectivity index (χ2v) is 4.25. The van der Waals surface area contributed by atoms with Crippen molar-refractivity contribution in [2.24, 2.45) is 0 Å². The first-order valence-corrected chi connectivity index (χ1v) is 5.65. The molecule has 4 nitrogen and oxygen atoms in total. The lowest BCUT2D eigenvalue weighted by molar-refractivity contribution is -0.120. The van der Waals surface area contributed by atoms with Gasteiger partial charge in [0.15, 0.2) is 5.13 Å². The maximum absolute atomic E-state index is 11.3. The Hall–Kier alpha value is -1.10. The molecule has 2 rings (SSSR count). The molecule has 2 N–H and O–H groups in total. The fourth-order valence-electron chi connectivity index (χ4n) is 1.12. The lowest BCUT2D eigenvalue weighted by Crippen LogP contribution is -2.27. The van der Waals surface area contributed by atoms with Crippen molar-refractivity contribution in [2.75, 3.05) is 11.9 Å². The van der Waals surface area contributed by atoms with Gasteiger partial charge in [-0.25, -0.2) is 4.98 Å². The van der Waals surface area contributed by atoms with Gasteiger partial charge in [-0.05, 0) is 12.8 Å². The second kappa shape index (κ2) is 4.41. The summed E-state index contributed by atoms with van der Waals surface area (Å²) in [5.74, 6) is 0.136. The van der Waals surface area contributed by atoms with Crippen LogP contribution in [0.25, 0.3) is 0 Å². The van der Waals surface area contributed by atoms with E-state index >= 15 is 0 Å². The van der Waals surface area contributed by atoms with Crippen LogP contribution in [0.4, 0.5) is 5.13 Å². The van der Waals surface area contributed by atoms with Crippen molar-refractivity contribution in [3.8, 4) is 0 Å². The highest BCUT2D eigenvalue weighted by Crippen LogP contribution is 2.18. The summed E-state index contributed by atoms with van der Waals surface area (Å²) in [6, 6.07) is 0.461. The first-order valence-electron chi connectivity index (χ1n) is 4.77. The van der Waals surface area contributed by atoms with E-state index in [1.165, 1.54) is 0 Å². The van der Waals surface area contributed by atoms with Gasteiger partial charge < -0.3 is 10.6 Å². The molecule has 1 aromatic heterocycles. The average molecular weight is 211 g/mol. The van der Waals surface area contributed by atoms with Crippen molar-refractivity contribution in [1.29, 1.82) is 0 Å². The Kier molecular flexibility index (Phi) is 2.98. The van der Waals surface area contributed by atoms with E-state index in [0.29, 0.717) is 19.0 Å². The summed E-state index contributed by atoms with van der Waals surface area (Å²) in [7, 11) is 0. The molecule has 0 bridgehead atoms. The topological polar surface area (TPSA) is 54.0 Å². The van der Waals surface area contributed by atoms with Gasteiger partial charge >= 0.3 is 0 Å². The lowest BCUT2D eigenvalue weighted by Gasteiger charge is -2.03. The number of carbonyl (C=O) groups is 1. The first-order chi connectivity index (χ1) is 6.84. The van der Waals surface area contributed by atoms with E-state index in [0.717, 1.165) is 18.0 Å². The van der Waals surface area contributed by atoms with Crippen LogP contribution in [0.15, 0.2) is 11.6 Å². The zero-order valence-corrected chi connectivity index (χ0v) is 8.64. The van der Waals surface area contributed by atoms with E-state index in [-0.39, 0.29) is 5.91 Å². The summed E-state index contributed by atoms with van der Waals surface area (Å²) in [4.78, 5) is 15.3. The summed E-state index contributed by atoms with van der Waals surface area (Å²) >= 11 is 1.55. The number of rotatable bonds is 5. The SMILES string of the molecule is O=C(CCNc1nccs1)NC1CC1. The van der Waals surface area contributed by atoms with E-state index in [1.54, 1.807) is 17.5 Å². The molecule has 0 radical (unpaired) electrons. The first kappa shape index (κ1) is 9.45. The molecule has 0 unspecified atom stereocenters. The molecule has 1 fully saturated rings. The number of hydrogen-bond acceptors (Lipinski definition) is 4. The number of nitrogens with one attached hydrogen (secondary N) is 2. The zero-order valence-electron chi connectivity index (χ0n) is 7.82. The van der Waals surface area contributed by atoms with Crippen molar-refractivity contribution in [2.45, 2.75) is 25.3 Å². The fraction of sp³-hybridized carbons (Fsp3) is 0.556. The third-order valence-corrected chi connectivity index (χ3v) is 2.73. The van der Waals surface area contributed by atoms with Crippen LogP contribution in [0.5, 0.6) is 0 Å². The van der Waals surface area contributed by atoms with Crippen LogP contribution < -0.4 is 10.6 Å². The maximum Gasteiger partial charge on any atom is 0.221 e. The summed E-state index contributed by atoms with van der Waals surface area (Å²) < 4.78 is 0. The van der Waals surface area contributed by atoms with Crippen LogP contribution in [0, 0.1) is 0 Å². The lowest BCUT2D eigenvalue weighted by atomic mass is 10.4. The van der Waals surface area contributed by atoms with Crippen molar-refractivity contribution in [3.05, 3.63) is 11.6 Å². The third kappa shape index (κ3) is 2.99. The standard InChI is InChI=1S/C9H13N3OS/c13-8(12-7-1-2-7)3-4-10-9-11-5-6-14-9/h5-7H,1-4H2,(H,10,11)(H,12,13). The zero-order chi connectivity index (χ0) is 9.80. The monoisotopic (exact) mass is 211 g/mol. The molecule has 1 saturated carbocycles. The van der Waals surface area contributed by atoms with Gasteiger partial charge in [-0.2, -0.15) is 0 Å². The Morgan fingerprint density at radius 3 is 3.14 bits per heavy atom. The molecule has 0 spiro atoms. The van der Waals surface area contributed by atoms with Gasteiger partial charge in [-0.15, -0.1) is 11.3 Å². The van der Waals surface area contributed by atoms with Crippen LogP contribution in [0.3, 0.4) is 0 Å². The Morgan fingerprint density at radius 2 is 2.50 bits per heavy atom. The Bertz CT molecular complexity index is 295. The summed E-state index contributed by atoms with van der Waals surface area (Å²) in [6.45, 7) is 0.659. The van der Waals surface area contributed by atoms with Gasteiger partial charge in [-0.3, -0.25) is 4.79 Å². The Morgan fingerprint density at radius 1 is 1.64 bits per heavy atom. The van der Waals surface area contributed by atoms with E-state index in [9.17, 15) is 4.79 Å². The minimum atomic E-state index is 0.136. The van der Waals surface area contributed by atoms with Crippen molar-refractivity contribution in [1.82, 2.24) is 10.3 Å². The second-order valence-electron chi connectivity index (χ2n) is 3.36. The van der Waals surface area contributed by atoms with Crippen molar-refractivity contribution < 1.29 is 4.79 Å². The van der Waals surface area contributed by atoms with Gasteiger partial charge in [-0.1, -0.05) is 0 Å². The van der Waals surface area contributed by atoms with Crippen molar-refractivity contribution in [3.63, 3.8) is 0 Å². The third-order valence-electron chi connectivity index (χ3n) is 2.00. The summed E-state index contributed by atoms with van der Waals surface area (Å²) in [5.41, 5.74) is 0. The maximum atomic E-state index is 11.3. The number of aromatic nitrogens is 1. The van der Waals surface area contributed by atoms with Gasteiger partial charge in [0.1, 0.15) is 0 Å². The highest BCUT2D eigenvalue weighted by Gasteiger charge is 2.22. The molecule has 0 aromatic carbocycles. The molecule has 1 amide bonds. The average Bonchev–Trinajstić information content (AvgIpc) is 2.82. The van der Waals surface area contributed by atoms with Crippen LogP contribution in [-0.4, -0.2) is 23.5 Å². The van der Waals surface area contributed by atoms with Gasteiger partial charge in [0.2, 0.25) is 5.91 Å². The molecule has 14 heavy (non-hydrogen) atoms. The van der Waals surface area contributed by atoms with E-state index in [2.05, 4.69) is 15.6 Å². The van der Waals surface area contributed by atoms with Gasteiger partial charge in [0.05, 0.1) is 0 Å². The van der Waals surface area contributed by atoms with Crippen LogP contribution in [0.1, 0.15) is 19.3 Å². The number of nitrogens with zero attached hydrogens (tertiary/aromatic N) is 1. The number of anilines is 1. The highest BCUT2D eigenvalue weighted by molar-refractivity contribution is 7.13. The smallest absolute Gasteiger partial charge is 0.221 e. The molecule has 1 aliphatic rings. The predicted molar refractivity (Wildman–Crippen MR) is 56.4 cm³/mol. The minimum absolute atomic E-state index is 0.136. The molecule has 1 aliphatic carbocycles. The van der Waals surface area contributed by atoms with Gasteiger partial charge in [0, 0.05) is 30.6 Å². The number of carbonyl (C=O) groups excluding carboxylic acids is 1. The van der Waals surface area contributed by atoms with E-state index in [1.807, 2.05) is 5.38 Å². The molecule has 0 aliphatic heterocycles. The molecule has 0 atom stereocenters. The molecular weight excluding hydrogens is 198 g/mol. The predicted octanol–water partition coefficient (Wildman–Crippen LogP) is 1.22. The Labute approximate surface area is 86.7 Å². The van der Waals surface area contributed by atoms with Crippen LogP contribution in [-0.2, 0) is 4.79 Å². The van der Waals surface area contributed by atoms with E-state index in [4.69, 9.17) is 0 Å². The molecule has 1 heterocycles. The quantitative estimate of drug-likeness (QED) is 0.770. The summed E-state index contributed by atoms with van der Waals surface area (Å²) in [6.07, 6.45) is 4.56. The largest absolute Gasteiger partial charge is 0.361 e. The highest BCUT2D eigenvalue weighted by atomic mass is 32.1. The minimum Gasteiger partial charge on any atom is -0.361 e. The van der Waals surface area contributed by atoms with Crippen molar-refractivity contribution >= 4 is 22.4 Å². The number of thiazole rings is 1. The molecule has 76 valence electrons. The summed E-state index contributed by atoms with van der Waals surface area (Å²) in [5, 5.41) is 8.82. The number of hydrogen-bond donors (Lipinski definition) is 2. The van der Waals surface area contributed by atoms with E-state index < -0.39 is 0 Å². The molecular formula is C9H13N3OS. The van der Waals surface area contributed by atoms with Crippen LogP contribution in [0.2, 0.25) is 0 Å². The van der Waals surface area contributed by atoms with Crippen LogP contribution >= 0.6 is 11.3 Å². The molecule has 5 heteroatoms. The molecule has 1 aromatic rings.